The van der Waals surface area contributed by atoms with Crippen LogP contribution in [0.5, 0.6) is 0 Å². The third-order valence-electron chi connectivity index (χ3n) is 9.25. The molecule has 4 saturated carbocycles. The first-order valence-electron chi connectivity index (χ1n) is 9.77. The van der Waals surface area contributed by atoms with Crippen molar-refractivity contribution in [2.45, 2.75) is 89.9 Å². The molecule has 0 spiro atoms. The molecule has 4 fully saturated rings. The number of rotatable bonds is 0. The van der Waals surface area contributed by atoms with E-state index in [4.69, 9.17) is 0 Å². The maximum Gasteiger partial charge on any atom is 0.0804 e. The second-order valence-electron chi connectivity index (χ2n) is 10.0. The van der Waals surface area contributed by atoms with Crippen LogP contribution in [-0.2, 0) is 0 Å². The Morgan fingerprint density at radius 1 is 0.826 bits per heavy atom. The van der Waals surface area contributed by atoms with Crippen molar-refractivity contribution in [2.24, 2.45) is 34.5 Å². The highest BCUT2D eigenvalue weighted by Crippen LogP contribution is 2.68. The van der Waals surface area contributed by atoms with Gasteiger partial charge in [-0.3, -0.25) is 0 Å². The molecule has 9 unspecified atom stereocenters. The Balaban J connectivity index is 1.64. The summed E-state index contributed by atoms with van der Waals surface area (Å²) in [4.78, 5) is 0. The predicted molar refractivity (Wildman–Crippen MR) is 89.7 cm³/mol. The van der Waals surface area contributed by atoms with Crippen LogP contribution < -0.4 is 0 Å². The first kappa shape index (κ1) is 16.4. The third kappa shape index (κ3) is 2.05. The summed E-state index contributed by atoms with van der Waals surface area (Å²) in [6, 6.07) is 0. The molecule has 0 aromatic carbocycles. The molecule has 0 amide bonds. The summed E-state index contributed by atoms with van der Waals surface area (Å²) in [6.07, 6.45) is 7.33. The molecule has 3 heteroatoms. The minimum Gasteiger partial charge on any atom is -0.390 e. The molecule has 0 heterocycles. The van der Waals surface area contributed by atoms with Crippen LogP contribution in [0.3, 0.4) is 0 Å². The minimum absolute atomic E-state index is 0.0736. The van der Waals surface area contributed by atoms with Crippen LogP contribution in [0.25, 0.3) is 0 Å². The molecule has 9 atom stereocenters. The van der Waals surface area contributed by atoms with Gasteiger partial charge in [0.15, 0.2) is 0 Å². The summed E-state index contributed by atoms with van der Waals surface area (Å²) in [5.74, 6) is 2.56. The van der Waals surface area contributed by atoms with Crippen molar-refractivity contribution in [3.05, 3.63) is 0 Å². The van der Waals surface area contributed by atoms with E-state index in [2.05, 4.69) is 20.8 Å². The Bertz CT molecular complexity index is 489. The molecule has 4 rings (SSSR count). The van der Waals surface area contributed by atoms with Gasteiger partial charge in [-0.1, -0.05) is 13.8 Å². The van der Waals surface area contributed by atoms with E-state index in [0.29, 0.717) is 23.7 Å². The molecule has 0 aliphatic heterocycles. The van der Waals surface area contributed by atoms with Gasteiger partial charge in [-0.2, -0.15) is 0 Å². The highest BCUT2D eigenvalue weighted by molar-refractivity contribution is 5.13. The SMILES string of the molecule is CC12CC(O)C(O)CC1CCC1C2CCC2(C)C1CCC2(C)O. The van der Waals surface area contributed by atoms with E-state index in [0.717, 1.165) is 32.1 Å². The molecule has 4 aliphatic carbocycles. The van der Waals surface area contributed by atoms with E-state index in [1.807, 2.05) is 0 Å². The molecule has 4 aliphatic rings. The fraction of sp³-hybridized carbons (Fsp3) is 1.00. The molecule has 0 bridgehead atoms. The largest absolute Gasteiger partial charge is 0.390 e. The summed E-state index contributed by atoms with van der Waals surface area (Å²) in [5, 5.41) is 31.3. The van der Waals surface area contributed by atoms with Gasteiger partial charge in [-0.05, 0) is 92.8 Å². The highest BCUT2D eigenvalue weighted by Gasteiger charge is 2.63. The lowest BCUT2D eigenvalue weighted by molar-refractivity contribution is -0.173. The van der Waals surface area contributed by atoms with Crippen molar-refractivity contribution in [1.82, 2.24) is 0 Å². The zero-order valence-electron chi connectivity index (χ0n) is 15.0. The van der Waals surface area contributed by atoms with Crippen molar-refractivity contribution in [3.63, 3.8) is 0 Å². The maximum absolute atomic E-state index is 10.9. The Morgan fingerprint density at radius 2 is 1.52 bits per heavy atom. The van der Waals surface area contributed by atoms with E-state index >= 15 is 0 Å². The Morgan fingerprint density at radius 3 is 2.26 bits per heavy atom. The van der Waals surface area contributed by atoms with Crippen LogP contribution in [-0.4, -0.2) is 33.1 Å². The van der Waals surface area contributed by atoms with Crippen LogP contribution in [0.2, 0.25) is 0 Å². The molecule has 0 aromatic heterocycles. The number of aliphatic hydroxyl groups excluding tert-OH is 2. The van der Waals surface area contributed by atoms with E-state index in [-0.39, 0.29) is 10.8 Å². The number of fused-ring (bicyclic) bond motifs is 5. The van der Waals surface area contributed by atoms with Gasteiger partial charge >= 0.3 is 0 Å². The lowest BCUT2D eigenvalue weighted by atomic mass is 9.44. The molecule has 0 aromatic rings. The molecule has 3 N–H and O–H groups in total. The quantitative estimate of drug-likeness (QED) is 0.642. The van der Waals surface area contributed by atoms with Crippen molar-refractivity contribution < 1.29 is 15.3 Å². The van der Waals surface area contributed by atoms with Crippen LogP contribution in [0.15, 0.2) is 0 Å². The lowest BCUT2D eigenvalue weighted by Crippen LogP contribution is -2.58. The zero-order valence-corrected chi connectivity index (χ0v) is 15.0. The van der Waals surface area contributed by atoms with Gasteiger partial charge in [0.1, 0.15) is 0 Å². The Hall–Kier alpha value is -0.120. The topological polar surface area (TPSA) is 60.7 Å². The van der Waals surface area contributed by atoms with E-state index in [1.54, 1.807) is 0 Å². The average molecular weight is 322 g/mol. The van der Waals surface area contributed by atoms with E-state index < -0.39 is 17.8 Å². The van der Waals surface area contributed by atoms with Crippen molar-refractivity contribution in [3.8, 4) is 0 Å². The van der Waals surface area contributed by atoms with Gasteiger partial charge in [0.2, 0.25) is 0 Å². The number of hydrogen-bond donors (Lipinski definition) is 3. The van der Waals surface area contributed by atoms with Crippen molar-refractivity contribution in [1.29, 1.82) is 0 Å². The van der Waals surface area contributed by atoms with Gasteiger partial charge in [0.05, 0.1) is 17.8 Å². The lowest BCUT2D eigenvalue weighted by Gasteiger charge is -2.62. The van der Waals surface area contributed by atoms with Gasteiger partial charge < -0.3 is 15.3 Å². The average Bonchev–Trinajstić information content (AvgIpc) is 2.71. The molecular formula is C20H34O3. The summed E-state index contributed by atoms with van der Waals surface area (Å²) in [6.45, 7) is 6.77. The molecule has 0 radical (unpaired) electrons. The van der Waals surface area contributed by atoms with Crippen molar-refractivity contribution in [2.75, 3.05) is 0 Å². The molecule has 23 heavy (non-hydrogen) atoms. The molecule has 132 valence electrons. The van der Waals surface area contributed by atoms with Gasteiger partial charge in [0, 0.05) is 0 Å². The van der Waals surface area contributed by atoms with Crippen LogP contribution in [0, 0.1) is 34.5 Å². The smallest absolute Gasteiger partial charge is 0.0804 e. The monoisotopic (exact) mass is 322 g/mol. The van der Waals surface area contributed by atoms with Gasteiger partial charge in [-0.15, -0.1) is 0 Å². The normalized spacial score (nSPS) is 62.3. The molecular weight excluding hydrogens is 288 g/mol. The zero-order chi connectivity index (χ0) is 16.6. The Kier molecular flexibility index (Phi) is 3.52. The highest BCUT2D eigenvalue weighted by atomic mass is 16.3. The predicted octanol–water partition coefficient (Wildman–Crippen LogP) is 3.11. The molecule has 0 saturated heterocycles. The first-order valence-corrected chi connectivity index (χ1v) is 9.77. The minimum atomic E-state index is -0.546. The van der Waals surface area contributed by atoms with Crippen LogP contribution in [0.4, 0.5) is 0 Å². The van der Waals surface area contributed by atoms with Crippen LogP contribution in [0.1, 0.15) is 72.1 Å². The van der Waals surface area contributed by atoms with Gasteiger partial charge in [0.25, 0.3) is 0 Å². The fourth-order valence-corrected chi connectivity index (χ4v) is 7.52. The number of aliphatic hydroxyl groups is 3. The van der Waals surface area contributed by atoms with Crippen molar-refractivity contribution >= 4 is 0 Å². The number of hydrogen-bond acceptors (Lipinski definition) is 3. The summed E-state index contributed by atoms with van der Waals surface area (Å²) >= 11 is 0. The maximum atomic E-state index is 10.9. The standard InChI is InChI=1S/C20H34O3/c1-18-11-17(22)16(21)10-12(18)4-5-13-14(18)6-8-19(2)15(13)7-9-20(19,3)23/h12-17,21-23H,4-11H2,1-3H3. The fourth-order valence-electron chi connectivity index (χ4n) is 7.52. The summed E-state index contributed by atoms with van der Waals surface area (Å²) in [5.41, 5.74) is -0.260. The third-order valence-corrected chi connectivity index (χ3v) is 9.25. The second kappa shape index (κ2) is 4.95. The first-order chi connectivity index (χ1) is 10.7. The van der Waals surface area contributed by atoms with Crippen LogP contribution >= 0.6 is 0 Å². The second-order valence-corrected chi connectivity index (χ2v) is 10.0. The summed E-state index contributed by atoms with van der Waals surface area (Å²) in [7, 11) is 0. The molecule has 3 nitrogen and oxygen atoms in total. The van der Waals surface area contributed by atoms with E-state index in [1.165, 1.54) is 19.3 Å². The Labute approximate surface area is 140 Å². The van der Waals surface area contributed by atoms with Gasteiger partial charge in [-0.25, -0.2) is 0 Å². The summed E-state index contributed by atoms with van der Waals surface area (Å²) < 4.78 is 0. The van der Waals surface area contributed by atoms with E-state index in [9.17, 15) is 15.3 Å².